The molecule has 6 heteroatoms. The highest BCUT2D eigenvalue weighted by atomic mass is 16.5. The first-order chi connectivity index (χ1) is 21.7. The lowest BCUT2D eigenvalue weighted by atomic mass is 10.0. The molecule has 0 fully saturated rings. The predicted octanol–water partition coefficient (Wildman–Crippen LogP) is 10.2. The molecule has 6 nitrogen and oxygen atoms in total. The molecule has 0 saturated carbocycles. The molecule has 4 aromatic rings. The van der Waals surface area contributed by atoms with E-state index < -0.39 is 0 Å². The topological polar surface area (TPSA) is 75.8 Å². The van der Waals surface area contributed by atoms with Crippen LogP contribution < -0.4 is 9.47 Å². The van der Waals surface area contributed by atoms with Gasteiger partial charge in [-0.05, 0) is 91.7 Å². The van der Waals surface area contributed by atoms with E-state index in [2.05, 4.69) is 84.5 Å². The van der Waals surface area contributed by atoms with Crippen LogP contribution in [0.4, 0.5) is 0 Å². The Morgan fingerprint density at radius 3 is 1.61 bits per heavy atom. The summed E-state index contributed by atoms with van der Waals surface area (Å²) in [5.74, 6) is 1.68. The Morgan fingerprint density at radius 1 is 0.545 bits per heavy atom. The highest BCUT2D eigenvalue weighted by Gasteiger charge is 2.17. The van der Waals surface area contributed by atoms with Crippen molar-refractivity contribution in [2.45, 2.75) is 65.2 Å². The van der Waals surface area contributed by atoms with Crippen LogP contribution in [0.3, 0.4) is 0 Å². The minimum Gasteiger partial charge on any atom is -0.493 e. The largest absolute Gasteiger partial charge is 0.493 e. The van der Waals surface area contributed by atoms with Crippen molar-refractivity contribution in [2.24, 2.45) is 0 Å². The standard InChI is InChI=1S/C38H42N4O2/c1-3-5-7-9-20-43-36-12-11-13-37(44-21-10-8-6-4-2)38(36)34-25-33-24-31-17-16-29(40-31)22-27-14-15-28(39-27)23-30-18-19-32(41-30)26-35(34)42-33/h11-19,22-26,39,42H,3-10,20-21H2,1-2H3. The van der Waals surface area contributed by atoms with Gasteiger partial charge in [-0.2, -0.15) is 0 Å². The molecule has 2 aliphatic heterocycles. The van der Waals surface area contributed by atoms with Crippen molar-refractivity contribution in [3.8, 4) is 22.6 Å². The maximum Gasteiger partial charge on any atom is 0.130 e. The number of unbranched alkanes of at least 4 members (excludes halogenated alkanes) is 6. The molecule has 0 saturated heterocycles. The van der Waals surface area contributed by atoms with Crippen molar-refractivity contribution in [3.05, 3.63) is 83.4 Å². The lowest BCUT2D eigenvalue weighted by Gasteiger charge is -2.16. The van der Waals surface area contributed by atoms with Gasteiger partial charge in [-0.3, -0.25) is 0 Å². The molecule has 0 aliphatic carbocycles. The Hall–Kier alpha value is -4.58. The SMILES string of the molecule is CCCCCCOc1cccc(OCCCCCC)c1-c1cc2cc3nc(cc4ccc(cc5nc(cc1[nH]2)C=C5)[nH]4)C=C3. The summed E-state index contributed by atoms with van der Waals surface area (Å²) in [7, 11) is 0. The lowest BCUT2D eigenvalue weighted by molar-refractivity contribution is 0.292. The summed E-state index contributed by atoms with van der Waals surface area (Å²) in [4.78, 5) is 16.9. The molecule has 0 amide bonds. The van der Waals surface area contributed by atoms with Crippen LogP contribution in [-0.4, -0.2) is 33.1 Å². The summed E-state index contributed by atoms with van der Waals surface area (Å²) < 4.78 is 12.9. The number of hydrogen-bond donors (Lipinski definition) is 2. The van der Waals surface area contributed by atoms with Crippen molar-refractivity contribution in [3.63, 3.8) is 0 Å². The zero-order valence-corrected chi connectivity index (χ0v) is 25.9. The number of aromatic amines is 2. The first kappa shape index (κ1) is 29.5. The maximum atomic E-state index is 6.47. The average molecular weight is 587 g/mol. The minimum absolute atomic E-state index is 0.677. The first-order valence-electron chi connectivity index (χ1n) is 16.2. The van der Waals surface area contributed by atoms with E-state index in [4.69, 9.17) is 19.4 Å². The maximum absolute atomic E-state index is 6.47. The van der Waals surface area contributed by atoms with Gasteiger partial charge in [0.15, 0.2) is 0 Å². The van der Waals surface area contributed by atoms with Crippen molar-refractivity contribution in [1.29, 1.82) is 0 Å². The third-order valence-corrected chi connectivity index (χ3v) is 7.94. The Bertz CT molecular complexity index is 1780. The normalized spacial score (nSPS) is 12.1. The third-order valence-electron chi connectivity index (χ3n) is 7.94. The van der Waals surface area contributed by atoms with Crippen LogP contribution >= 0.6 is 0 Å². The number of nitrogens with zero attached hydrogens (tertiary/aromatic N) is 2. The van der Waals surface area contributed by atoms with Crippen LogP contribution in [0.15, 0.2) is 60.7 Å². The van der Waals surface area contributed by atoms with E-state index in [1.807, 2.05) is 24.3 Å². The van der Waals surface area contributed by atoms with Crippen molar-refractivity contribution >= 4 is 46.4 Å². The highest BCUT2D eigenvalue weighted by molar-refractivity contribution is 5.92. The fourth-order valence-corrected chi connectivity index (χ4v) is 5.66. The van der Waals surface area contributed by atoms with Crippen LogP contribution in [0, 0.1) is 0 Å². The molecule has 8 bridgehead atoms. The fourth-order valence-electron chi connectivity index (χ4n) is 5.66. The number of benzene rings is 1. The number of fused-ring (bicyclic) bond motifs is 8. The Kier molecular flexibility index (Phi) is 9.56. The Morgan fingerprint density at radius 2 is 1.07 bits per heavy atom. The molecule has 5 heterocycles. The van der Waals surface area contributed by atoms with Crippen LogP contribution in [0.25, 0.3) is 57.5 Å². The second-order valence-electron chi connectivity index (χ2n) is 11.5. The average Bonchev–Trinajstić information content (AvgIpc) is 3.83. The van der Waals surface area contributed by atoms with Gasteiger partial charge in [-0.15, -0.1) is 0 Å². The molecule has 3 aromatic heterocycles. The Balaban J connectivity index is 1.49. The van der Waals surface area contributed by atoms with E-state index in [0.717, 1.165) is 80.3 Å². The van der Waals surface area contributed by atoms with Crippen molar-refractivity contribution < 1.29 is 9.47 Å². The second kappa shape index (κ2) is 14.3. The summed E-state index contributed by atoms with van der Waals surface area (Å²) in [6.07, 6.45) is 17.4. The van der Waals surface area contributed by atoms with Gasteiger partial charge in [0.25, 0.3) is 0 Å². The zero-order chi connectivity index (χ0) is 30.1. The van der Waals surface area contributed by atoms with E-state index in [1.54, 1.807) is 0 Å². The fraction of sp³-hybridized carbons (Fsp3) is 0.316. The summed E-state index contributed by atoms with van der Waals surface area (Å²) in [6.45, 7) is 5.82. The highest BCUT2D eigenvalue weighted by Crippen LogP contribution is 2.41. The second-order valence-corrected chi connectivity index (χ2v) is 11.5. The van der Waals surface area contributed by atoms with E-state index in [0.29, 0.717) is 13.2 Å². The number of nitrogens with one attached hydrogen (secondary N) is 2. The van der Waals surface area contributed by atoms with Gasteiger partial charge in [0, 0.05) is 27.6 Å². The zero-order valence-electron chi connectivity index (χ0n) is 25.9. The predicted molar refractivity (Wildman–Crippen MR) is 184 cm³/mol. The van der Waals surface area contributed by atoms with Crippen molar-refractivity contribution in [2.75, 3.05) is 13.2 Å². The number of ether oxygens (including phenoxy) is 2. The van der Waals surface area contributed by atoms with Crippen LogP contribution in [0.2, 0.25) is 0 Å². The van der Waals surface area contributed by atoms with Gasteiger partial charge in [0.1, 0.15) is 11.5 Å². The van der Waals surface area contributed by atoms with Crippen molar-refractivity contribution in [1.82, 2.24) is 19.9 Å². The molecule has 0 unspecified atom stereocenters. The molecule has 0 radical (unpaired) electrons. The summed E-state index contributed by atoms with van der Waals surface area (Å²) in [5.41, 5.74) is 9.48. The van der Waals surface area contributed by atoms with Crippen LogP contribution in [0.5, 0.6) is 11.5 Å². The summed E-state index contributed by atoms with van der Waals surface area (Å²) >= 11 is 0. The van der Waals surface area contributed by atoms with Gasteiger partial charge in [-0.25, -0.2) is 9.97 Å². The molecule has 2 N–H and O–H groups in total. The molecule has 6 rings (SSSR count). The number of hydrogen-bond acceptors (Lipinski definition) is 4. The van der Waals surface area contributed by atoms with E-state index in [-0.39, 0.29) is 0 Å². The third kappa shape index (κ3) is 7.31. The molecule has 0 atom stereocenters. The summed E-state index contributed by atoms with van der Waals surface area (Å²) in [6, 6.07) is 20.8. The minimum atomic E-state index is 0.677. The van der Waals surface area contributed by atoms with E-state index >= 15 is 0 Å². The van der Waals surface area contributed by atoms with Gasteiger partial charge < -0.3 is 19.4 Å². The number of rotatable bonds is 13. The van der Waals surface area contributed by atoms with E-state index in [9.17, 15) is 0 Å². The molecule has 0 spiro atoms. The summed E-state index contributed by atoms with van der Waals surface area (Å²) in [5, 5.41) is 0. The molecular formula is C38H42N4O2. The van der Waals surface area contributed by atoms with E-state index in [1.165, 1.54) is 38.5 Å². The smallest absolute Gasteiger partial charge is 0.130 e. The number of aromatic nitrogens is 4. The van der Waals surface area contributed by atoms with Gasteiger partial charge >= 0.3 is 0 Å². The van der Waals surface area contributed by atoms with Gasteiger partial charge in [-0.1, -0.05) is 58.4 Å². The van der Waals surface area contributed by atoms with Crippen LogP contribution in [0.1, 0.15) is 88.0 Å². The first-order valence-corrected chi connectivity index (χ1v) is 16.2. The molecule has 44 heavy (non-hydrogen) atoms. The van der Waals surface area contributed by atoms with Gasteiger partial charge in [0.2, 0.25) is 0 Å². The number of H-pyrrole nitrogens is 2. The quantitative estimate of drug-likeness (QED) is 0.132. The Labute approximate surface area is 259 Å². The lowest BCUT2D eigenvalue weighted by Crippen LogP contribution is -2.02. The molecule has 2 aliphatic rings. The molecule has 1 aromatic carbocycles. The van der Waals surface area contributed by atoms with Crippen LogP contribution in [-0.2, 0) is 0 Å². The molecule has 226 valence electrons. The van der Waals surface area contributed by atoms with Gasteiger partial charge in [0.05, 0.1) is 41.6 Å². The monoisotopic (exact) mass is 586 g/mol. The molecular weight excluding hydrogens is 544 g/mol.